The van der Waals surface area contributed by atoms with Gasteiger partial charge in [-0.15, -0.1) is 0 Å². The van der Waals surface area contributed by atoms with Crippen molar-refractivity contribution in [2.24, 2.45) is 0 Å². The number of pyridine rings is 1. The molecule has 3 rings (SSSR count). The van der Waals surface area contributed by atoms with Gasteiger partial charge in [0, 0.05) is 6.20 Å². The second-order valence-electron chi connectivity index (χ2n) is 4.88. The van der Waals surface area contributed by atoms with E-state index >= 15 is 0 Å². The van der Waals surface area contributed by atoms with Crippen LogP contribution in [-0.4, -0.2) is 36.1 Å². The molecule has 2 heterocycles. The van der Waals surface area contributed by atoms with Gasteiger partial charge in [0.25, 0.3) is 0 Å². The Kier molecular flexibility index (Phi) is 4.37. The van der Waals surface area contributed by atoms with Gasteiger partial charge in [-0.2, -0.15) is 0 Å². The molecule has 1 aliphatic heterocycles. The zero-order valence-electron chi connectivity index (χ0n) is 12.2. The normalized spacial score (nSPS) is 15.6. The number of carbonyl (C=O) groups is 2. The fourth-order valence-corrected chi connectivity index (χ4v) is 2.06. The molecule has 7 heteroatoms. The van der Waals surface area contributed by atoms with Crippen LogP contribution in [0.3, 0.4) is 0 Å². The molecule has 0 spiro atoms. The number of nitrogens with one attached hydrogen (secondary N) is 2. The maximum atomic E-state index is 11.8. The molecule has 2 N–H and O–H groups in total. The first-order chi connectivity index (χ1) is 11.2. The topological polar surface area (TPSA) is 89.5 Å². The lowest BCUT2D eigenvalue weighted by Gasteiger charge is -2.26. The lowest BCUT2D eigenvalue weighted by Crippen LogP contribution is -2.44. The van der Waals surface area contributed by atoms with Gasteiger partial charge in [0.15, 0.2) is 11.5 Å². The molecule has 0 aliphatic carbocycles. The fourth-order valence-electron chi connectivity index (χ4n) is 2.06. The summed E-state index contributed by atoms with van der Waals surface area (Å²) in [5.41, 5.74) is 0. The highest BCUT2D eigenvalue weighted by atomic mass is 16.6. The Morgan fingerprint density at radius 1 is 1.09 bits per heavy atom. The van der Waals surface area contributed by atoms with Crippen molar-refractivity contribution in [2.75, 3.05) is 18.5 Å². The number of nitrogens with zero attached hydrogens (tertiary/aromatic N) is 1. The summed E-state index contributed by atoms with van der Waals surface area (Å²) >= 11 is 0. The minimum atomic E-state index is -0.777. The Balaban J connectivity index is 1.49. The smallest absolute Gasteiger partial charge is 0.314 e. The van der Waals surface area contributed by atoms with E-state index in [1.54, 1.807) is 24.3 Å². The van der Waals surface area contributed by atoms with Crippen LogP contribution >= 0.6 is 0 Å². The van der Waals surface area contributed by atoms with Gasteiger partial charge in [-0.1, -0.05) is 18.2 Å². The fraction of sp³-hybridized carbons (Fsp3) is 0.188. The van der Waals surface area contributed by atoms with Crippen LogP contribution in [0, 0.1) is 0 Å². The quantitative estimate of drug-likeness (QED) is 0.824. The molecule has 0 saturated carbocycles. The Hall–Kier alpha value is -3.09. The van der Waals surface area contributed by atoms with Crippen molar-refractivity contribution in [1.82, 2.24) is 10.3 Å². The molecule has 118 valence electrons. The number of para-hydroxylation sites is 2. The zero-order valence-corrected chi connectivity index (χ0v) is 12.2. The van der Waals surface area contributed by atoms with Gasteiger partial charge in [0.05, 0.1) is 6.54 Å². The lowest BCUT2D eigenvalue weighted by atomic mass is 10.2. The predicted octanol–water partition coefficient (Wildman–Crippen LogP) is 0.976. The molecule has 0 saturated heterocycles. The summed E-state index contributed by atoms with van der Waals surface area (Å²) in [6.07, 6.45) is 1.18. The van der Waals surface area contributed by atoms with E-state index in [0.29, 0.717) is 23.9 Å². The van der Waals surface area contributed by atoms with Gasteiger partial charge in [-0.05, 0) is 24.3 Å². The number of hydrogen-bond acceptors (Lipinski definition) is 5. The Morgan fingerprint density at radius 2 is 1.87 bits per heavy atom. The third-order valence-corrected chi connectivity index (χ3v) is 3.17. The minimum absolute atomic E-state index is 0.169. The summed E-state index contributed by atoms with van der Waals surface area (Å²) in [6, 6.07) is 12.3. The summed E-state index contributed by atoms with van der Waals surface area (Å²) < 4.78 is 11.2. The highest BCUT2D eigenvalue weighted by Crippen LogP contribution is 2.30. The first-order valence-electron chi connectivity index (χ1n) is 7.11. The SMILES string of the molecule is O=C(NC[C@H]1COc2ccccc2O1)C(=O)Nc1ccccn1. The molecule has 0 unspecified atom stereocenters. The van der Waals surface area contributed by atoms with Crippen LogP contribution in [-0.2, 0) is 9.59 Å². The van der Waals surface area contributed by atoms with Crippen LogP contribution in [0.1, 0.15) is 0 Å². The lowest BCUT2D eigenvalue weighted by molar-refractivity contribution is -0.136. The number of ether oxygens (including phenoxy) is 2. The highest BCUT2D eigenvalue weighted by molar-refractivity contribution is 6.39. The van der Waals surface area contributed by atoms with E-state index in [2.05, 4.69) is 15.6 Å². The average molecular weight is 313 g/mol. The van der Waals surface area contributed by atoms with Crippen molar-refractivity contribution >= 4 is 17.6 Å². The molecule has 1 aliphatic rings. The van der Waals surface area contributed by atoms with Crippen molar-refractivity contribution in [3.8, 4) is 11.5 Å². The summed E-state index contributed by atoms with van der Waals surface area (Å²) in [5.74, 6) is 0.0803. The third kappa shape index (κ3) is 3.76. The number of anilines is 1. The van der Waals surface area contributed by atoms with Gasteiger partial charge >= 0.3 is 11.8 Å². The zero-order chi connectivity index (χ0) is 16.1. The number of fused-ring (bicyclic) bond motifs is 1. The third-order valence-electron chi connectivity index (χ3n) is 3.17. The molecule has 1 atom stereocenters. The number of hydrogen-bond donors (Lipinski definition) is 2. The molecule has 2 aromatic rings. The molecule has 2 amide bonds. The monoisotopic (exact) mass is 313 g/mol. The van der Waals surface area contributed by atoms with Crippen molar-refractivity contribution in [3.05, 3.63) is 48.7 Å². The van der Waals surface area contributed by atoms with Crippen molar-refractivity contribution in [2.45, 2.75) is 6.10 Å². The van der Waals surface area contributed by atoms with Crippen LogP contribution in [0.15, 0.2) is 48.7 Å². The predicted molar refractivity (Wildman–Crippen MR) is 82.2 cm³/mol. The number of rotatable bonds is 3. The van der Waals surface area contributed by atoms with Crippen LogP contribution in [0.5, 0.6) is 11.5 Å². The first-order valence-corrected chi connectivity index (χ1v) is 7.11. The number of aromatic nitrogens is 1. The van der Waals surface area contributed by atoms with Crippen LogP contribution < -0.4 is 20.1 Å². The van der Waals surface area contributed by atoms with Crippen LogP contribution in [0.4, 0.5) is 5.82 Å². The van der Waals surface area contributed by atoms with Crippen LogP contribution in [0.2, 0.25) is 0 Å². The Morgan fingerprint density at radius 3 is 2.65 bits per heavy atom. The van der Waals surface area contributed by atoms with Gasteiger partial charge in [-0.3, -0.25) is 9.59 Å². The van der Waals surface area contributed by atoms with Gasteiger partial charge in [0.2, 0.25) is 0 Å². The van der Waals surface area contributed by atoms with Crippen molar-refractivity contribution in [3.63, 3.8) is 0 Å². The maximum absolute atomic E-state index is 11.8. The summed E-state index contributed by atoms with van der Waals surface area (Å²) in [4.78, 5) is 27.5. The first kappa shape index (κ1) is 14.8. The number of amides is 2. The Labute approximate surface area is 132 Å². The summed E-state index contributed by atoms with van der Waals surface area (Å²) in [6.45, 7) is 0.474. The molecule has 0 radical (unpaired) electrons. The summed E-state index contributed by atoms with van der Waals surface area (Å²) in [5, 5.41) is 4.93. The second kappa shape index (κ2) is 6.78. The second-order valence-corrected chi connectivity index (χ2v) is 4.88. The van der Waals surface area contributed by atoms with E-state index in [1.807, 2.05) is 18.2 Å². The summed E-state index contributed by atoms with van der Waals surface area (Å²) in [7, 11) is 0. The Bertz CT molecular complexity index is 705. The van der Waals surface area contributed by atoms with Crippen molar-refractivity contribution < 1.29 is 19.1 Å². The van der Waals surface area contributed by atoms with E-state index in [1.165, 1.54) is 6.20 Å². The van der Waals surface area contributed by atoms with E-state index in [-0.39, 0.29) is 12.6 Å². The molecular weight excluding hydrogens is 298 g/mol. The molecule has 0 bridgehead atoms. The van der Waals surface area contributed by atoms with E-state index in [0.717, 1.165) is 0 Å². The average Bonchev–Trinajstić information content (AvgIpc) is 2.60. The molecule has 1 aromatic carbocycles. The molecule has 1 aromatic heterocycles. The molecular formula is C16H15N3O4. The van der Waals surface area contributed by atoms with E-state index < -0.39 is 11.8 Å². The highest BCUT2D eigenvalue weighted by Gasteiger charge is 2.22. The minimum Gasteiger partial charge on any atom is -0.486 e. The number of carbonyl (C=O) groups excluding carboxylic acids is 2. The largest absolute Gasteiger partial charge is 0.486 e. The van der Waals surface area contributed by atoms with Gasteiger partial charge in [0.1, 0.15) is 18.5 Å². The van der Waals surface area contributed by atoms with E-state index in [9.17, 15) is 9.59 Å². The van der Waals surface area contributed by atoms with Crippen molar-refractivity contribution in [1.29, 1.82) is 0 Å². The molecule has 7 nitrogen and oxygen atoms in total. The van der Waals surface area contributed by atoms with Crippen LogP contribution in [0.25, 0.3) is 0 Å². The molecule has 0 fully saturated rings. The standard InChI is InChI=1S/C16H15N3O4/c20-15(16(21)19-14-7-3-4-8-17-14)18-9-11-10-22-12-5-1-2-6-13(12)23-11/h1-8,11H,9-10H2,(H,18,20)(H,17,19,21)/t11-/m0/s1. The molecule has 23 heavy (non-hydrogen) atoms. The van der Waals surface area contributed by atoms with E-state index in [4.69, 9.17) is 9.47 Å². The maximum Gasteiger partial charge on any atom is 0.314 e. The number of benzene rings is 1. The van der Waals surface area contributed by atoms with Gasteiger partial charge < -0.3 is 20.1 Å². The van der Waals surface area contributed by atoms with Gasteiger partial charge in [-0.25, -0.2) is 4.98 Å².